The molecule has 0 aromatic heterocycles. The lowest BCUT2D eigenvalue weighted by atomic mass is 10.2. The summed E-state index contributed by atoms with van der Waals surface area (Å²) < 4.78 is 0. The summed E-state index contributed by atoms with van der Waals surface area (Å²) in [6, 6.07) is 4.91. The predicted octanol–water partition coefficient (Wildman–Crippen LogP) is 1.78. The molecule has 1 aliphatic heterocycles. The van der Waals surface area contributed by atoms with Gasteiger partial charge in [-0.15, -0.1) is 0 Å². The highest BCUT2D eigenvalue weighted by atomic mass is 16.6. The molecule has 0 atom stereocenters. The van der Waals surface area contributed by atoms with Gasteiger partial charge in [-0.1, -0.05) is 5.16 Å². The molecule has 1 heterocycles. The van der Waals surface area contributed by atoms with E-state index in [-0.39, 0.29) is 5.75 Å². The minimum Gasteiger partial charge on any atom is -0.508 e. The molecule has 1 aromatic rings. The van der Waals surface area contributed by atoms with Crippen molar-refractivity contribution in [1.82, 2.24) is 0 Å². The van der Waals surface area contributed by atoms with Crippen molar-refractivity contribution in [2.75, 3.05) is 0 Å². The molecule has 60 valence electrons. The summed E-state index contributed by atoms with van der Waals surface area (Å²) in [5.74, 6) is 0.749. The summed E-state index contributed by atoms with van der Waals surface area (Å²) in [4.78, 5) is 4.98. The molecular formula is C9H7NO2. The maximum Gasteiger partial charge on any atom is 0.168 e. The summed E-state index contributed by atoms with van der Waals surface area (Å²) in [7, 11) is 0. The third-order valence-corrected chi connectivity index (χ3v) is 1.57. The van der Waals surface area contributed by atoms with Gasteiger partial charge in [0.2, 0.25) is 0 Å². The monoisotopic (exact) mass is 161 g/mol. The van der Waals surface area contributed by atoms with Crippen LogP contribution < -0.4 is 4.84 Å². The van der Waals surface area contributed by atoms with Crippen molar-refractivity contribution < 1.29 is 9.94 Å². The van der Waals surface area contributed by atoms with Crippen LogP contribution in [0.15, 0.2) is 29.4 Å². The Morgan fingerprint density at radius 1 is 1.33 bits per heavy atom. The molecule has 0 fully saturated rings. The van der Waals surface area contributed by atoms with Gasteiger partial charge in [0.05, 0.1) is 6.21 Å². The van der Waals surface area contributed by atoms with E-state index >= 15 is 0 Å². The largest absolute Gasteiger partial charge is 0.508 e. The van der Waals surface area contributed by atoms with Gasteiger partial charge in [0.15, 0.2) is 5.75 Å². The normalized spacial score (nSPS) is 13.3. The number of allylic oxidation sites excluding steroid dienone is 1. The van der Waals surface area contributed by atoms with E-state index in [9.17, 15) is 0 Å². The zero-order valence-electron chi connectivity index (χ0n) is 6.27. The van der Waals surface area contributed by atoms with E-state index in [1.54, 1.807) is 24.4 Å². The third kappa shape index (κ3) is 1.16. The van der Waals surface area contributed by atoms with Crippen molar-refractivity contribution in [2.24, 2.45) is 5.16 Å². The summed E-state index contributed by atoms with van der Waals surface area (Å²) in [6.45, 7) is 0. The first-order chi connectivity index (χ1) is 5.86. The van der Waals surface area contributed by atoms with Gasteiger partial charge in [-0.3, -0.25) is 0 Å². The fourth-order valence-electron chi connectivity index (χ4n) is 1.01. The van der Waals surface area contributed by atoms with Crippen LogP contribution in [0.2, 0.25) is 0 Å². The van der Waals surface area contributed by atoms with Crippen LogP contribution in [0.4, 0.5) is 0 Å². The minimum absolute atomic E-state index is 0.180. The van der Waals surface area contributed by atoms with Crippen LogP contribution in [0, 0.1) is 0 Å². The number of hydrogen-bond donors (Lipinski definition) is 1. The number of rotatable bonds is 0. The fourth-order valence-corrected chi connectivity index (χ4v) is 1.01. The molecule has 2 rings (SSSR count). The smallest absolute Gasteiger partial charge is 0.168 e. The van der Waals surface area contributed by atoms with E-state index in [2.05, 4.69) is 5.16 Å². The second-order valence-corrected chi connectivity index (χ2v) is 2.43. The number of aromatic hydroxyl groups is 1. The van der Waals surface area contributed by atoms with Crippen molar-refractivity contribution >= 4 is 12.3 Å². The summed E-state index contributed by atoms with van der Waals surface area (Å²) >= 11 is 0. The van der Waals surface area contributed by atoms with Gasteiger partial charge in [0.25, 0.3) is 0 Å². The summed E-state index contributed by atoms with van der Waals surface area (Å²) in [5, 5.41) is 12.8. The molecule has 0 bridgehead atoms. The topological polar surface area (TPSA) is 41.8 Å². The standard InChI is InChI=1S/C9H7NO2/c11-8-4-3-7-2-1-5-10-12-9(7)6-8/h1-6,11H. The maximum atomic E-state index is 9.12. The molecule has 0 aliphatic carbocycles. The molecular weight excluding hydrogens is 154 g/mol. The molecule has 12 heavy (non-hydrogen) atoms. The van der Waals surface area contributed by atoms with Crippen molar-refractivity contribution in [3.8, 4) is 11.5 Å². The fraction of sp³-hybridized carbons (Fsp3) is 0. The van der Waals surface area contributed by atoms with Crippen LogP contribution in [-0.4, -0.2) is 11.3 Å². The highest BCUT2D eigenvalue weighted by Gasteiger charge is 2.03. The molecule has 0 saturated heterocycles. The molecule has 1 N–H and O–H groups in total. The Labute approximate surface area is 69.6 Å². The Hall–Kier alpha value is -1.77. The van der Waals surface area contributed by atoms with Gasteiger partial charge in [0.1, 0.15) is 5.75 Å². The first-order valence-electron chi connectivity index (χ1n) is 3.56. The van der Waals surface area contributed by atoms with E-state index in [0.29, 0.717) is 5.75 Å². The molecule has 0 amide bonds. The predicted molar refractivity (Wildman–Crippen MR) is 46.3 cm³/mol. The number of benzene rings is 1. The van der Waals surface area contributed by atoms with Crippen LogP contribution in [0.3, 0.4) is 0 Å². The Bertz CT molecular complexity index is 356. The number of phenolic OH excluding ortho intramolecular Hbond substituents is 1. The summed E-state index contributed by atoms with van der Waals surface area (Å²) in [5.41, 5.74) is 0.908. The Balaban J connectivity index is 2.53. The van der Waals surface area contributed by atoms with E-state index in [0.717, 1.165) is 5.56 Å². The SMILES string of the molecule is Oc1ccc2c(c1)ON=CC=C2. The van der Waals surface area contributed by atoms with Gasteiger partial charge in [-0.05, 0) is 24.3 Å². The Morgan fingerprint density at radius 2 is 2.25 bits per heavy atom. The van der Waals surface area contributed by atoms with Gasteiger partial charge in [0, 0.05) is 11.6 Å². The maximum absolute atomic E-state index is 9.12. The van der Waals surface area contributed by atoms with Gasteiger partial charge in [-0.2, -0.15) is 0 Å². The first-order valence-corrected chi connectivity index (χ1v) is 3.56. The number of hydrogen-bond acceptors (Lipinski definition) is 3. The van der Waals surface area contributed by atoms with Crippen molar-refractivity contribution in [3.63, 3.8) is 0 Å². The van der Waals surface area contributed by atoms with Crippen LogP contribution >= 0.6 is 0 Å². The van der Waals surface area contributed by atoms with Crippen molar-refractivity contribution in [2.45, 2.75) is 0 Å². The average molecular weight is 161 g/mol. The lowest BCUT2D eigenvalue weighted by Crippen LogP contribution is -1.83. The second-order valence-electron chi connectivity index (χ2n) is 2.43. The van der Waals surface area contributed by atoms with E-state index < -0.39 is 0 Å². The molecule has 1 aromatic carbocycles. The molecule has 0 radical (unpaired) electrons. The van der Waals surface area contributed by atoms with Crippen LogP contribution in [-0.2, 0) is 0 Å². The lowest BCUT2D eigenvalue weighted by Gasteiger charge is -2.01. The number of fused-ring (bicyclic) bond motifs is 1. The van der Waals surface area contributed by atoms with Gasteiger partial charge >= 0.3 is 0 Å². The average Bonchev–Trinajstić information content (AvgIpc) is 2.28. The van der Waals surface area contributed by atoms with Crippen LogP contribution in [0.25, 0.3) is 6.08 Å². The number of oxime groups is 1. The molecule has 1 aliphatic rings. The van der Waals surface area contributed by atoms with Gasteiger partial charge < -0.3 is 9.94 Å². The highest BCUT2D eigenvalue weighted by molar-refractivity contribution is 5.80. The van der Waals surface area contributed by atoms with E-state index in [1.165, 1.54) is 6.07 Å². The summed E-state index contributed by atoms with van der Waals surface area (Å²) in [6.07, 6.45) is 5.20. The van der Waals surface area contributed by atoms with Crippen LogP contribution in [0.5, 0.6) is 11.5 Å². The molecule has 0 saturated carbocycles. The third-order valence-electron chi connectivity index (χ3n) is 1.57. The van der Waals surface area contributed by atoms with E-state index in [1.807, 2.05) is 6.08 Å². The molecule has 3 nitrogen and oxygen atoms in total. The van der Waals surface area contributed by atoms with Crippen molar-refractivity contribution in [1.29, 1.82) is 0 Å². The van der Waals surface area contributed by atoms with Gasteiger partial charge in [-0.25, -0.2) is 0 Å². The molecule has 3 heteroatoms. The van der Waals surface area contributed by atoms with E-state index in [4.69, 9.17) is 9.94 Å². The number of nitrogens with zero attached hydrogens (tertiary/aromatic N) is 1. The Kier molecular flexibility index (Phi) is 1.55. The first kappa shape index (κ1) is 6.91. The molecule has 0 spiro atoms. The van der Waals surface area contributed by atoms with Crippen molar-refractivity contribution in [3.05, 3.63) is 29.8 Å². The Morgan fingerprint density at radius 3 is 3.17 bits per heavy atom. The zero-order chi connectivity index (χ0) is 8.39. The van der Waals surface area contributed by atoms with Crippen LogP contribution in [0.1, 0.15) is 5.56 Å². The quantitative estimate of drug-likeness (QED) is 0.630. The molecule has 0 unspecified atom stereocenters. The number of phenols is 1. The lowest BCUT2D eigenvalue weighted by molar-refractivity contribution is 0.341. The second kappa shape index (κ2) is 2.70. The zero-order valence-corrected chi connectivity index (χ0v) is 6.27. The highest BCUT2D eigenvalue weighted by Crippen LogP contribution is 2.26. The minimum atomic E-state index is 0.180.